The van der Waals surface area contributed by atoms with Gasteiger partial charge < -0.3 is 9.94 Å². The summed E-state index contributed by atoms with van der Waals surface area (Å²) in [5.41, 5.74) is 1.15. The van der Waals surface area contributed by atoms with E-state index in [9.17, 15) is 5.21 Å². The number of allylic oxidation sites excluding steroid dienone is 2. The molecule has 1 aliphatic rings. The number of hydrogen-bond acceptors (Lipinski definition) is 4. The Hall–Kier alpha value is -1.87. The van der Waals surface area contributed by atoms with E-state index in [1.165, 1.54) is 0 Å². The fourth-order valence-electron chi connectivity index (χ4n) is 1.77. The van der Waals surface area contributed by atoms with Crippen LogP contribution < -0.4 is 5.23 Å². The van der Waals surface area contributed by atoms with E-state index in [-0.39, 0.29) is 11.8 Å². The van der Waals surface area contributed by atoms with Crippen molar-refractivity contribution in [2.45, 2.75) is 18.9 Å². The Morgan fingerprint density at radius 1 is 1.41 bits per heavy atom. The van der Waals surface area contributed by atoms with E-state index >= 15 is 0 Å². The first-order valence-electron chi connectivity index (χ1n) is 5.31. The van der Waals surface area contributed by atoms with E-state index in [0.717, 1.165) is 18.4 Å². The molecule has 0 saturated carbocycles. The lowest BCUT2D eigenvalue weighted by molar-refractivity contribution is -0.991. The van der Waals surface area contributed by atoms with Gasteiger partial charge in [0.25, 0.3) is 0 Å². The maximum absolute atomic E-state index is 10.7. The van der Waals surface area contributed by atoms with Gasteiger partial charge in [0.2, 0.25) is 0 Å². The zero-order valence-electron chi connectivity index (χ0n) is 9.09. The minimum atomic E-state index is -0.946. The third kappa shape index (κ3) is 2.63. The molecular formula is C12H12N2O3. The summed E-state index contributed by atoms with van der Waals surface area (Å²) in [5.74, 6) is 0.337. The first kappa shape index (κ1) is 11.6. The van der Waals surface area contributed by atoms with Crippen LogP contribution in [0.15, 0.2) is 36.1 Å². The number of hydrogen-bond donors (Lipinski definition) is 2. The fraction of sp³-hybridized carbons (Fsp3) is 0.250. The molecule has 2 atom stereocenters. The van der Waals surface area contributed by atoms with Crippen molar-refractivity contribution in [3.8, 4) is 6.07 Å². The molecule has 1 aromatic carbocycles. The molecule has 0 aliphatic carbocycles. The predicted molar refractivity (Wildman–Crippen MR) is 59.0 cm³/mol. The van der Waals surface area contributed by atoms with Crippen LogP contribution in [0.2, 0.25) is 0 Å². The second kappa shape index (κ2) is 4.97. The Morgan fingerprint density at radius 2 is 2.12 bits per heavy atom. The molecule has 5 heteroatoms. The summed E-state index contributed by atoms with van der Waals surface area (Å²) in [5, 5.41) is 27.3. The fourth-order valence-corrected chi connectivity index (χ4v) is 1.77. The van der Waals surface area contributed by atoms with E-state index in [1.54, 1.807) is 30.3 Å². The minimum Gasteiger partial charge on any atom is -0.595 e. The second-order valence-electron chi connectivity index (χ2n) is 3.79. The first-order chi connectivity index (χ1) is 8.20. The Labute approximate surface area is 98.7 Å². The van der Waals surface area contributed by atoms with Crippen molar-refractivity contribution in [2.24, 2.45) is 0 Å². The Morgan fingerprint density at radius 3 is 2.71 bits per heavy atom. The molecule has 2 N–H and O–H groups in total. The molecule has 17 heavy (non-hydrogen) atoms. The topological polar surface area (TPSA) is 80.8 Å². The zero-order chi connectivity index (χ0) is 12.3. The van der Waals surface area contributed by atoms with Crippen LogP contribution in [0.5, 0.6) is 0 Å². The van der Waals surface area contributed by atoms with Gasteiger partial charge in [-0.3, -0.25) is 0 Å². The van der Waals surface area contributed by atoms with Gasteiger partial charge in [0, 0.05) is 12.1 Å². The maximum atomic E-state index is 10.7. The molecule has 0 bridgehead atoms. The summed E-state index contributed by atoms with van der Waals surface area (Å²) >= 11 is 0. The second-order valence-corrected chi connectivity index (χ2v) is 3.79. The smallest absolute Gasteiger partial charge is 0.193 e. The van der Waals surface area contributed by atoms with Crippen LogP contribution in [-0.4, -0.2) is 5.21 Å². The Bertz CT molecular complexity index is 460. The molecule has 0 saturated heterocycles. The van der Waals surface area contributed by atoms with Crippen molar-refractivity contribution >= 4 is 5.69 Å². The zero-order valence-corrected chi connectivity index (χ0v) is 9.09. The number of nitrogens with zero attached hydrogens (tertiary/aromatic N) is 1. The van der Waals surface area contributed by atoms with Crippen LogP contribution in [0.25, 0.3) is 0 Å². The van der Waals surface area contributed by atoms with Crippen molar-refractivity contribution in [3.05, 3.63) is 46.9 Å². The van der Waals surface area contributed by atoms with Crippen LogP contribution in [0.3, 0.4) is 0 Å². The molecule has 1 aromatic rings. The molecule has 0 radical (unpaired) electrons. The SMILES string of the molecule is N#CC1=CCC[C@H](c2ccc([NH+]([O-])O)cc2)O1. The summed E-state index contributed by atoms with van der Waals surface area (Å²) in [7, 11) is 0. The number of ether oxygens (including phenoxy) is 1. The third-order valence-electron chi connectivity index (χ3n) is 2.67. The minimum absolute atomic E-state index is 0.155. The molecule has 1 unspecified atom stereocenters. The van der Waals surface area contributed by atoms with Gasteiger partial charge >= 0.3 is 0 Å². The van der Waals surface area contributed by atoms with Crippen LogP contribution in [0.1, 0.15) is 24.5 Å². The molecule has 1 heterocycles. The van der Waals surface area contributed by atoms with E-state index in [0.29, 0.717) is 5.76 Å². The summed E-state index contributed by atoms with van der Waals surface area (Å²) in [6.07, 6.45) is 3.21. The van der Waals surface area contributed by atoms with Gasteiger partial charge in [-0.1, -0.05) is 0 Å². The number of benzene rings is 1. The highest BCUT2D eigenvalue weighted by Gasteiger charge is 2.18. The largest absolute Gasteiger partial charge is 0.595 e. The summed E-state index contributed by atoms with van der Waals surface area (Å²) in [4.78, 5) is 0. The number of nitrogens with one attached hydrogen (secondary N) is 1. The predicted octanol–water partition coefficient (Wildman–Crippen LogP) is 1.35. The van der Waals surface area contributed by atoms with E-state index in [1.807, 2.05) is 6.07 Å². The highest BCUT2D eigenvalue weighted by Crippen LogP contribution is 2.29. The third-order valence-corrected chi connectivity index (χ3v) is 2.67. The van der Waals surface area contributed by atoms with Crippen molar-refractivity contribution in [2.75, 3.05) is 0 Å². The van der Waals surface area contributed by atoms with Gasteiger partial charge in [-0.15, -0.1) is 0 Å². The maximum Gasteiger partial charge on any atom is 0.193 e. The van der Waals surface area contributed by atoms with Gasteiger partial charge in [0.1, 0.15) is 12.2 Å². The van der Waals surface area contributed by atoms with Crippen LogP contribution >= 0.6 is 0 Å². The van der Waals surface area contributed by atoms with Crippen molar-refractivity contribution in [3.63, 3.8) is 0 Å². The molecule has 0 amide bonds. The van der Waals surface area contributed by atoms with Crippen molar-refractivity contribution in [1.29, 1.82) is 5.26 Å². The van der Waals surface area contributed by atoms with E-state index < -0.39 is 5.23 Å². The van der Waals surface area contributed by atoms with Crippen molar-refractivity contribution < 1.29 is 15.2 Å². The highest BCUT2D eigenvalue weighted by molar-refractivity contribution is 5.34. The lowest BCUT2D eigenvalue weighted by Gasteiger charge is -2.22. The van der Waals surface area contributed by atoms with Gasteiger partial charge in [-0.25, -0.2) is 5.21 Å². The van der Waals surface area contributed by atoms with Crippen molar-refractivity contribution in [1.82, 2.24) is 0 Å². The molecular weight excluding hydrogens is 220 g/mol. The van der Waals surface area contributed by atoms with Gasteiger partial charge in [-0.2, -0.15) is 10.5 Å². The number of nitriles is 1. The molecule has 5 nitrogen and oxygen atoms in total. The van der Waals surface area contributed by atoms with Crippen LogP contribution in [0.4, 0.5) is 5.69 Å². The number of quaternary nitrogens is 1. The molecule has 88 valence electrons. The molecule has 2 rings (SSSR count). The quantitative estimate of drug-likeness (QED) is 0.754. The lowest BCUT2D eigenvalue weighted by Crippen LogP contribution is -2.99. The standard InChI is InChI=1S/C12H12N2O3/c13-8-11-2-1-3-12(17-11)9-4-6-10(7-5-9)14(15)16/h2,4-7,12,14-15H,1,3H2/t12-/m1/s1. The molecule has 0 fully saturated rings. The molecule has 0 spiro atoms. The molecule has 0 aromatic heterocycles. The van der Waals surface area contributed by atoms with E-state index in [2.05, 4.69) is 0 Å². The van der Waals surface area contributed by atoms with Crippen LogP contribution in [-0.2, 0) is 4.74 Å². The normalized spacial score (nSPS) is 21.0. The summed E-state index contributed by atoms with van der Waals surface area (Å²) in [6, 6.07) is 8.53. The highest BCUT2D eigenvalue weighted by atomic mass is 16.8. The Balaban J connectivity index is 2.13. The average Bonchev–Trinajstić information content (AvgIpc) is 2.39. The number of rotatable bonds is 2. The van der Waals surface area contributed by atoms with E-state index in [4.69, 9.17) is 15.2 Å². The summed E-state index contributed by atoms with van der Waals surface area (Å²) < 4.78 is 5.47. The average molecular weight is 232 g/mol. The summed E-state index contributed by atoms with van der Waals surface area (Å²) in [6.45, 7) is 0. The Kier molecular flexibility index (Phi) is 3.40. The van der Waals surface area contributed by atoms with Crippen LogP contribution in [0, 0.1) is 16.5 Å². The first-order valence-corrected chi connectivity index (χ1v) is 5.31. The van der Waals surface area contributed by atoms with Gasteiger partial charge in [0.05, 0.1) is 0 Å². The van der Waals surface area contributed by atoms with Gasteiger partial charge in [0.15, 0.2) is 11.4 Å². The monoisotopic (exact) mass is 232 g/mol. The van der Waals surface area contributed by atoms with Gasteiger partial charge in [-0.05, 0) is 36.6 Å². The molecule has 1 aliphatic heterocycles. The lowest BCUT2D eigenvalue weighted by atomic mass is 10.0.